The summed E-state index contributed by atoms with van der Waals surface area (Å²) in [7, 11) is 0. The normalized spacial score (nSPS) is 20.1. The van der Waals surface area contributed by atoms with Crippen molar-refractivity contribution in [2.24, 2.45) is 0 Å². The van der Waals surface area contributed by atoms with Crippen LogP contribution in [0.15, 0.2) is 11.6 Å². The van der Waals surface area contributed by atoms with E-state index in [0.29, 0.717) is 0 Å². The third kappa shape index (κ3) is 5.24. The average molecular weight is 308 g/mol. The van der Waals surface area contributed by atoms with E-state index in [9.17, 15) is 0 Å². The van der Waals surface area contributed by atoms with Gasteiger partial charge in [0.05, 0.1) is 0 Å². The molecule has 1 N–H and O–H groups in total. The van der Waals surface area contributed by atoms with Crippen LogP contribution in [-0.2, 0) is 0 Å². The Kier molecular flexibility index (Phi) is 5.89. The Morgan fingerprint density at radius 3 is 2.62 bits per heavy atom. The van der Waals surface area contributed by atoms with Gasteiger partial charge in [0.25, 0.3) is 0 Å². The van der Waals surface area contributed by atoms with E-state index in [0.717, 1.165) is 19.1 Å². The molecule has 1 aliphatic carbocycles. The summed E-state index contributed by atoms with van der Waals surface area (Å²) in [5, 5.41) is 6.86. The number of piperazine rings is 1. The lowest BCUT2D eigenvalue weighted by atomic mass is 10.2. The van der Waals surface area contributed by atoms with Crippen LogP contribution in [-0.4, -0.2) is 55.2 Å². The predicted octanol–water partition coefficient (Wildman–Crippen LogP) is 2.58. The average Bonchev–Trinajstić information content (AvgIpc) is 3.18. The minimum Gasteiger partial charge on any atom is -0.346 e. The summed E-state index contributed by atoms with van der Waals surface area (Å²) < 4.78 is 0. The number of thiazole rings is 1. The Bertz CT molecular complexity index is 383. The molecule has 0 amide bonds. The first-order chi connectivity index (χ1) is 10.4. The molecule has 1 saturated carbocycles. The lowest BCUT2D eigenvalue weighted by Gasteiger charge is -2.34. The van der Waals surface area contributed by atoms with E-state index >= 15 is 0 Å². The zero-order valence-electron chi connectivity index (χ0n) is 13.0. The maximum atomic E-state index is 4.41. The van der Waals surface area contributed by atoms with E-state index < -0.39 is 0 Å². The van der Waals surface area contributed by atoms with Crippen LogP contribution in [0.4, 0.5) is 5.13 Å². The molecule has 4 nitrogen and oxygen atoms in total. The summed E-state index contributed by atoms with van der Waals surface area (Å²) in [6, 6.07) is 0.874. The fourth-order valence-electron chi connectivity index (χ4n) is 2.94. The molecule has 1 aliphatic heterocycles. The highest BCUT2D eigenvalue weighted by molar-refractivity contribution is 7.13. The Balaban J connectivity index is 1.19. The highest BCUT2D eigenvalue weighted by atomic mass is 32.1. The van der Waals surface area contributed by atoms with Gasteiger partial charge in [0.15, 0.2) is 5.13 Å². The molecule has 0 radical (unpaired) electrons. The first-order valence-corrected chi connectivity index (χ1v) is 9.40. The lowest BCUT2D eigenvalue weighted by Crippen LogP contribution is -2.46. The Hall–Kier alpha value is -0.650. The second-order valence-corrected chi connectivity index (χ2v) is 7.16. The molecule has 21 heavy (non-hydrogen) atoms. The number of aromatic nitrogens is 1. The van der Waals surface area contributed by atoms with Gasteiger partial charge in [-0.1, -0.05) is 12.8 Å². The SMILES string of the molecule is c1csc(N2CCN(CCCCCCNC3CC3)CC2)n1. The van der Waals surface area contributed by atoms with Crippen LogP contribution in [0.1, 0.15) is 38.5 Å². The number of nitrogens with zero attached hydrogens (tertiary/aromatic N) is 3. The van der Waals surface area contributed by atoms with E-state index in [4.69, 9.17) is 0 Å². The van der Waals surface area contributed by atoms with Gasteiger partial charge in [0.2, 0.25) is 0 Å². The third-order valence-corrected chi connectivity index (χ3v) is 5.31. The molecule has 0 spiro atoms. The van der Waals surface area contributed by atoms with Crippen LogP contribution >= 0.6 is 11.3 Å². The fourth-order valence-corrected chi connectivity index (χ4v) is 3.64. The molecule has 0 unspecified atom stereocenters. The van der Waals surface area contributed by atoms with Crippen LogP contribution in [0.2, 0.25) is 0 Å². The molecular formula is C16H28N4S. The molecule has 1 saturated heterocycles. The Labute approximate surface area is 132 Å². The Morgan fingerprint density at radius 2 is 1.90 bits per heavy atom. The first kappa shape index (κ1) is 15.3. The minimum absolute atomic E-state index is 0.874. The monoisotopic (exact) mass is 308 g/mol. The summed E-state index contributed by atoms with van der Waals surface area (Å²) >= 11 is 1.76. The van der Waals surface area contributed by atoms with Crippen molar-refractivity contribution in [3.05, 3.63) is 11.6 Å². The molecule has 2 heterocycles. The van der Waals surface area contributed by atoms with Crippen molar-refractivity contribution in [3.8, 4) is 0 Å². The fraction of sp³-hybridized carbons (Fsp3) is 0.812. The van der Waals surface area contributed by atoms with Gasteiger partial charge >= 0.3 is 0 Å². The number of rotatable bonds is 9. The molecule has 118 valence electrons. The highest BCUT2D eigenvalue weighted by Crippen LogP contribution is 2.19. The van der Waals surface area contributed by atoms with Crippen LogP contribution < -0.4 is 10.2 Å². The standard InChI is InChI=1S/C16H28N4S/c1(3-7-17-15-5-6-15)2-4-9-19-10-12-20(13-11-19)16-18-8-14-21-16/h8,14-15,17H,1-7,9-13H2. The topological polar surface area (TPSA) is 31.4 Å². The Morgan fingerprint density at radius 1 is 1.10 bits per heavy atom. The van der Waals surface area contributed by atoms with E-state index in [1.165, 1.54) is 69.8 Å². The summed E-state index contributed by atoms with van der Waals surface area (Å²) in [4.78, 5) is 9.44. The quantitative estimate of drug-likeness (QED) is 0.711. The summed E-state index contributed by atoms with van der Waals surface area (Å²) in [5.74, 6) is 0. The van der Waals surface area contributed by atoms with Crippen LogP contribution in [0.5, 0.6) is 0 Å². The number of hydrogen-bond acceptors (Lipinski definition) is 5. The maximum Gasteiger partial charge on any atom is 0.185 e. The minimum atomic E-state index is 0.874. The van der Waals surface area contributed by atoms with Crippen molar-refractivity contribution < 1.29 is 0 Å². The van der Waals surface area contributed by atoms with E-state index in [1.54, 1.807) is 11.3 Å². The van der Waals surface area contributed by atoms with Crippen molar-refractivity contribution in [2.75, 3.05) is 44.2 Å². The van der Waals surface area contributed by atoms with Crippen LogP contribution in [0.3, 0.4) is 0 Å². The molecular weight excluding hydrogens is 280 g/mol. The molecule has 0 aromatic carbocycles. The molecule has 2 fully saturated rings. The summed E-state index contributed by atoms with van der Waals surface area (Å²) in [6.07, 6.45) is 10.2. The van der Waals surface area contributed by atoms with E-state index in [2.05, 4.69) is 25.5 Å². The lowest BCUT2D eigenvalue weighted by molar-refractivity contribution is 0.252. The zero-order chi connectivity index (χ0) is 14.3. The van der Waals surface area contributed by atoms with Gasteiger partial charge in [-0.15, -0.1) is 11.3 Å². The van der Waals surface area contributed by atoms with Crippen LogP contribution in [0.25, 0.3) is 0 Å². The largest absolute Gasteiger partial charge is 0.346 e. The maximum absolute atomic E-state index is 4.41. The molecule has 0 bridgehead atoms. The second-order valence-electron chi connectivity index (χ2n) is 6.29. The van der Waals surface area contributed by atoms with Crippen molar-refractivity contribution >= 4 is 16.5 Å². The summed E-state index contributed by atoms with van der Waals surface area (Å²) in [5.41, 5.74) is 0. The highest BCUT2D eigenvalue weighted by Gasteiger charge is 2.19. The zero-order valence-corrected chi connectivity index (χ0v) is 13.8. The number of unbranched alkanes of at least 4 members (excludes halogenated alkanes) is 3. The molecule has 2 aliphatic rings. The molecule has 1 aromatic heterocycles. The molecule has 3 rings (SSSR count). The first-order valence-electron chi connectivity index (χ1n) is 8.52. The smallest absolute Gasteiger partial charge is 0.185 e. The van der Waals surface area contributed by atoms with Gasteiger partial charge in [0.1, 0.15) is 0 Å². The number of hydrogen-bond donors (Lipinski definition) is 1. The number of anilines is 1. The van der Waals surface area contributed by atoms with Gasteiger partial charge in [-0.3, -0.25) is 4.90 Å². The van der Waals surface area contributed by atoms with Crippen molar-refractivity contribution in [3.63, 3.8) is 0 Å². The van der Waals surface area contributed by atoms with Crippen LogP contribution in [0, 0.1) is 0 Å². The van der Waals surface area contributed by atoms with E-state index in [-0.39, 0.29) is 0 Å². The van der Waals surface area contributed by atoms with Crippen molar-refractivity contribution in [1.82, 2.24) is 15.2 Å². The molecule has 1 aromatic rings. The second kappa shape index (κ2) is 8.11. The summed E-state index contributed by atoms with van der Waals surface area (Å²) in [6.45, 7) is 7.18. The van der Waals surface area contributed by atoms with Crippen molar-refractivity contribution in [1.29, 1.82) is 0 Å². The predicted molar refractivity (Wildman–Crippen MR) is 90.3 cm³/mol. The van der Waals surface area contributed by atoms with Gasteiger partial charge in [-0.25, -0.2) is 4.98 Å². The van der Waals surface area contributed by atoms with Gasteiger partial charge in [-0.2, -0.15) is 0 Å². The van der Waals surface area contributed by atoms with E-state index in [1.807, 2.05) is 6.20 Å². The molecule has 0 atom stereocenters. The third-order valence-electron chi connectivity index (χ3n) is 4.47. The molecule has 5 heteroatoms. The van der Waals surface area contributed by atoms with Crippen molar-refractivity contribution in [2.45, 2.75) is 44.6 Å². The van der Waals surface area contributed by atoms with Gasteiger partial charge in [0, 0.05) is 43.8 Å². The van der Waals surface area contributed by atoms with Gasteiger partial charge in [-0.05, 0) is 38.8 Å². The number of nitrogens with one attached hydrogen (secondary N) is 1. The van der Waals surface area contributed by atoms with Gasteiger partial charge < -0.3 is 10.2 Å².